The molecule has 1 N–H and O–H groups in total. The minimum atomic E-state index is -0.571. The molecule has 4 saturated carbocycles. The normalized spacial score (nSPS) is 44.6. The van der Waals surface area contributed by atoms with Gasteiger partial charge in [-0.1, -0.05) is 19.9 Å². The van der Waals surface area contributed by atoms with Crippen LogP contribution in [0, 0.1) is 34.5 Å². The topological polar surface area (TPSA) is 66.4 Å². The SMILES string of the molecule is CCOC(COC1CC[C@@]2(C)C(CC[C@@H]3[C@@H]2CC[C@]2(C)[C@@H](/C=C(/C)C4OCCO4)CC[C@@]32O)C1)OCC. The number of hydrogen-bond donors (Lipinski definition) is 1. The van der Waals surface area contributed by atoms with E-state index < -0.39 is 5.60 Å². The smallest absolute Gasteiger partial charge is 0.180 e. The van der Waals surface area contributed by atoms with E-state index in [4.69, 9.17) is 23.7 Å². The van der Waals surface area contributed by atoms with Crippen LogP contribution >= 0.6 is 0 Å². The molecular formula is C31H52O6. The fourth-order valence-electron chi connectivity index (χ4n) is 9.39. The third-order valence-corrected chi connectivity index (χ3v) is 11.5. The number of aliphatic hydroxyl groups is 1. The highest BCUT2D eigenvalue weighted by atomic mass is 16.7. The molecule has 5 aliphatic rings. The van der Waals surface area contributed by atoms with E-state index in [1.165, 1.54) is 24.8 Å². The van der Waals surface area contributed by atoms with Crippen LogP contribution in [0.4, 0.5) is 0 Å². The van der Waals surface area contributed by atoms with Gasteiger partial charge in [-0.2, -0.15) is 0 Å². The molecule has 4 aliphatic carbocycles. The molecule has 6 nitrogen and oxygen atoms in total. The maximum Gasteiger partial charge on any atom is 0.180 e. The molecule has 0 amide bonds. The van der Waals surface area contributed by atoms with Gasteiger partial charge in [0.2, 0.25) is 0 Å². The number of rotatable bonds is 9. The van der Waals surface area contributed by atoms with Crippen LogP contribution in [0.1, 0.15) is 92.4 Å². The van der Waals surface area contributed by atoms with Crippen molar-refractivity contribution in [2.75, 3.05) is 33.0 Å². The van der Waals surface area contributed by atoms with Crippen LogP contribution in [0.3, 0.4) is 0 Å². The quantitative estimate of drug-likeness (QED) is 0.303. The molecule has 1 saturated heterocycles. The van der Waals surface area contributed by atoms with Crippen molar-refractivity contribution in [2.45, 2.75) is 117 Å². The average molecular weight is 521 g/mol. The molecule has 0 spiro atoms. The van der Waals surface area contributed by atoms with Gasteiger partial charge in [-0.25, -0.2) is 0 Å². The van der Waals surface area contributed by atoms with Crippen LogP contribution in [0.15, 0.2) is 11.6 Å². The largest absolute Gasteiger partial charge is 0.389 e. The van der Waals surface area contributed by atoms with E-state index in [1.54, 1.807) is 0 Å². The first-order chi connectivity index (χ1) is 17.7. The van der Waals surface area contributed by atoms with Gasteiger partial charge in [-0.05, 0) is 113 Å². The van der Waals surface area contributed by atoms with Crippen LogP contribution in [-0.4, -0.2) is 62.4 Å². The Bertz CT molecular complexity index is 804. The van der Waals surface area contributed by atoms with E-state index >= 15 is 0 Å². The molecule has 0 aromatic rings. The Hall–Kier alpha value is -0.500. The summed E-state index contributed by atoms with van der Waals surface area (Å²) in [6.45, 7) is 14.2. The Morgan fingerprint density at radius 2 is 1.68 bits per heavy atom. The summed E-state index contributed by atoms with van der Waals surface area (Å²) in [7, 11) is 0. The van der Waals surface area contributed by atoms with Crippen molar-refractivity contribution in [3.05, 3.63) is 11.6 Å². The number of hydrogen-bond acceptors (Lipinski definition) is 6. The lowest BCUT2D eigenvalue weighted by atomic mass is 9.43. The molecule has 6 heteroatoms. The van der Waals surface area contributed by atoms with Crippen molar-refractivity contribution >= 4 is 0 Å². The molecule has 212 valence electrons. The molecule has 1 heterocycles. The summed E-state index contributed by atoms with van der Waals surface area (Å²) in [5.74, 6) is 2.08. The third kappa shape index (κ3) is 4.97. The second-order valence-electron chi connectivity index (χ2n) is 13.1. The van der Waals surface area contributed by atoms with E-state index in [0.717, 1.165) is 38.5 Å². The summed E-state index contributed by atoms with van der Waals surface area (Å²) >= 11 is 0. The van der Waals surface area contributed by atoms with Gasteiger partial charge in [0.05, 0.1) is 31.5 Å². The first-order valence-corrected chi connectivity index (χ1v) is 15.2. The monoisotopic (exact) mass is 520 g/mol. The van der Waals surface area contributed by atoms with Gasteiger partial charge in [0.15, 0.2) is 12.6 Å². The standard InChI is InChI=1S/C31H52O6/c1-6-33-27(34-7-2)20-37-24-11-13-29(4)22(19-24)8-9-26-25(29)12-14-30(5)23(10-15-31(26,30)32)18-21(3)28-35-16-17-36-28/h18,22-28,32H,6-17,19-20H2,1-5H3/b21-18-/t22?,23-,24?,25+,26-,29+,30-,31-/m1/s1. The fraction of sp³-hybridized carbons (Fsp3) is 0.935. The minimum absolute atomic E-state index is 0.0644. The predicted molar refractivity (Wildman–Crippen MR) is 143 cm³/mol. The molecule has 0 aromatic heterocycles. The Kier molecular flexibility index (Phi) is 8.47. The van der Waals surface area contributed by atoms with Crippen molar-refractivity contribution in [1.82, 2.24) is 0 Å². The van der Waals surface area contributed by atoms with Gasteiger partial charge in [0.25, 0.3) is 0 Å². The Labute approximate surface area is 224 Å². The van der Waals surface area contributed by atoms with E-state index in [1.807, 2.05) is 13.8 Å². The first kappa shape index (κ1) is 28.0. The van der Waals surface area contributed by atoms with Crippen LogP contribution in [0.25, 0.3) is 0 Å². The predicted octanol–water partition coefficient (Wildman–Crippen LogP) is 5.86. The molecule has 0 aromatic carbocycles. The number of fused-ring (bicyclic) bond motifs is 5. The zero-order valence-corrected chi connectivity index (χ0v) is 24.0. The molecule has 8 atom stereocenters. The highest BCUT2D eigenvalue weighted by Gasteiger charge is 2.66. The summed E-state index contributed by atoms with van der Waals surface area (Å²) in [5, 5.41) is 12.5. The van der Waals surface area contributed by atoms with E-state index in [9.17, 15) is 5.11 Å². The highest BCUT2D eigenvalue weighted by Crippen LogP contribution is 2.69. The lowest BCUT2D eigenvalue weighted by Gasteiger charge is -2.63. The summed E-state index contributed by atoms with van der Waals surface area (Å²) in [6, 6.07) is 0. The van der Waals surface area contributed by atoms with Crippen molar-refractivity contribution in [3.8, 4) is 0 Å². The van der Waals surface area contributed by atoms with Gasteiger partial charge in [-0.15, -0.1) is 0 Å². The van der Waals surface area contributed by atoms with Gasteiger partial charge in [0.1, 0.15) is 0 Å². The van der Waals surface area contributed by atoms with Crippen LogP contribution in [0.2, 0.25) is 0 Å². The van der Waals surface area contributed by atoms with E-state index in [-0.39, 0.29) is 18.0 Å². The average Bonchev–Trinajstić information content (AvgIpc) is 3.50. The molecule has 0 bridgehead atoms. The summed E-state index contributed by atoms with van der Waals surface area (Å²) in [6.07, 6.45) is 12.3. The van der Waals surface area contributed by atoms with E-state index in [2.05, 4.69) is 26.8 Å². The molecule has 5 fully saturated rings. The lowest BCUT2D eigenvalue weighted by molar-refractivity contribution is -0.215. The second kappa shape index (κ2) is 11.2. The molecule has 5 rings (SSSR count). The maximum absolute atomic E-state index is 12.5. The Morgan fingerprint density at radius 3 is 2.38 bits per heavy atom. The summed E-state index contributed by atoms with van der Waals surface area (Å²) < 4.78 is 29.3. The Balaban J connectivity index is 1.25. The molecule has 37 heavy (non-hydrogen) atoms. The molecule has 2 unspecified atom stereocenters. The van der Waals surface area contributed by atoms with Crippen LogP contribution in [-0.2, 0) is 23.7 Å². The number of ether oxygens (including phenoxy) is 5. The van der Waals surface area contributed by atoms with Crippen molar-refractivity contribution in [3.63, 3.8) is 0 Å². The van der Waals surface area contributed by atoms with Gasteiger partial charge >= 0.3 is 0 Å². The molecule has 1 aliphatic heterocycles. The van der Waals surface area contributed by atoms with Crippen molar-refractivity contribution < 1.29 is 28.8 Å². The molecule has 0 radical (unpaired) electrons. The molecular weight excluding hydrogens is 468 g/mol. The fourth-order valence-corrected chi connectivity index (χ4v) is 9.39. The van der Waals surface area contributed by atoms with Gasteiger partial charge in [-0.3, -0.25) is 0 Å². The van der Waals surface area contributed by atoms with Crippen molar-refractivity contribution in [1.29, 1.82) is 0 Å². The van der Waals surface area contributed by atoms with Gasteiger partial charge < -0.3 is 28.8 Å². The van der Waals surface area contributed by atoms with E-state index in [0.29, 0.717) is 68.2 Å². The number of allylic oxidation sites excluding steroid dienone is 1. The zero-order chi connectivity index (χ0) is 26.3. The van der Waals surface area contributed by atoms with Crippen molar-refractivity contribution in [2.24, 2.45) is 34.5 Å². The maximum atomic E-state index is 12.5. The summed E-state index contributed by atoms with van der Waals surface area (Å²) in [5.41, 5.74) is 0.845. The zero-order valence-electron chi connectivity index (χ0n) is 24.0. The summed E-state index contributed by atoms with van der Waals surface area (Å²) in [4.78, 5) is 0. The lowest BCUT2D eigenvalue weighted by Crippen LogP contribution is -2.62. The Morgan fingerprint density at radius 1 is 0.946 bits per heavy atom. The van der Waals surface area contributed by atoms with Crippen LogP contribution < -0.4 is 0 Å². The third-order valence-electron chi connectivity index (χ3n) is 11.5. The van der Waals surface area contributed by atoms with Crippen LogP contribution in [0.5, 0.6) is 0 Å². The van der Waals surface area contributed by atoms with Gasteiger partial charge in [0, 0.05) is 18.6 Å². The first-order valence-electron chi connectivity index (χ1n) is 15.2. The second-order valence-corrected chi connectivity index (χ2v) is 13.1. The minimum Gasteiger partial charge on any atom is -0.389 e. The highest BCUT2D eigenvalue weighted by molar-refractivity contribution is 5.21.